The Morgan fingerprint density at radius 1 is 1.08 bits per heavy atom. The van der Waals surface area contributed by atoms with E-state index in [-0.39, 0.29) is 43.9 Å². The number of furan rings is 1. The van der Waals surface area contributed by atoms with Crippen LogP contribution in [0.3, 0.4) is 0 Å². The molecular weight excluding hydrogens is 339 g/mol. The summed E-state index contributed by atoms with van der Waals surface area (Å²) in [5, 5.41) is 0. The van der Waals surface area contributed by atoms with Gasteiger partial charge in [0.2, 0.25) is 0 Å². The van der Waals surface area contributed by atoms with Crippen LogP contribution in [0.2, 0.25) is 0 Å². The van der Waals surface area contributed by atoms with Crippen molar-refractivity contribution in [3.63, 3.8) is 0 Å². The third-order valence-electron chi connectivity index (χ3n) is 2.89. The first kappa shape index (κ1) is 20.4. The summed E-state index contributed by atoms with van der Waals surface area (Å²) in [7, 11) is -3.48. The van der Waals surface area contributed by atoms with Crippen molar-refractivity contribution in [3.05, 3.63) is 23.2 Å². The normalized spacial score (nSPS) is 11.3. The second-order valence-electron chi connectivity index (χ2n) is 4.66. The summed E-state index contributed by atoms with van der Waals surface area (Å²) >= 11 is 0. The summed E-state index contributed by atoms with van der Waals surface area (Å²) in [5.74, 6) is -0.925. The predicted molar refractivity (Wildman–Crippen MR) is 84.7 cm³/mol. The largest absolute Gasteiger partial charge is 0.464 e. The maximum Gasteiger partial charge on any atom is 0.341 e. The van der Waals surface area contributed by atoms with E-state index >= 15 is 0 Å². The number of hydrogen-bond acceptors (Lipinski definition) is 8. The molecule has 0 bridgehead atoms. The molecule has 0 saturated heterocycles. The van der Waals surface area contributed by atoms with Crippen LogP contribution in [-0.2, 0) is 40.6 Å². The molecule has 1 heterocycles. The van der Waals surface area contributed by atoms with Gasteiger partial charge in [0, 0.05) is 12.5 Å². The second kappa shape index (κ2) is 9.61. The molecule has 8 nitrogen and oxygen atoms in total. The lowest BCUT2D eigenvalue weighted by Gasteiger charge is -2.17. The Morgan fingerprint density at radius 2 is 1.71 bits per heavy atom. The minimum Gasteiger partial charge on any atom is -0.464 e. The maximum atomic E-state index is 12.8. The van der Waals surface area contributed by atoms with Crippen LogP contribution >= 0.6 is 7.60 Å². The molecule has 0 atom stereocenters. The van der Waals surface area contributed by atoms with Crippen molar-refractivity contribution >= 4 is 19.5 Å². The molecule has 0 N–H and O–H groups in total. The van der Waals surface area contributed by atoms with Crippen LogP contribution in [0.5, 0.6) is 0 Å². The first-order chi connectivity index (χ1) is 11.4. The summed E-state index contributed by atoms with van der Waals surface area (Å²) in [4.78, 5) is 23.1. The fraction of sp³-hybridized carbons (Fsp3) is 0.600. The summed E-state index contributed by atoms with van der Waals surface area (Å²) < 4.78 is 38.4. The lowest BCUT2D eigenvalue weighted by atomic mass is 10.2. The van der Waals surface area contributed by atoms with Crippen molar-refractivity contribution < 1.29 is 37.1 Å². The number of rotatable bonds is 10. The fourth-order valence-electron chi connectivity index (χ4n) is 1.98. The van der Waals surface area contributed by atoms with Crippen LogP contribution in [0.1, 0.15) is 49.4 Å². The van der Waals surface area contributed by atoms with Crippen LogP contribution in [-0.4, -0.2) is 31.8 Å². The SMILES string of the molecule is CCOC(=O)c1coc(COC(C)=O)c1CP(=O)(OCC)OCC. The van der Waals surface area contributed by atoms with Crippen LogP contribution in [0, 0.1) is 0 Å². The minimum atomic E-state index is -3.48. The maximum absolute atomic E-state index is 12.8. The lowest BCUT2D eigenvalue weighted by Crippen LogP contribution is -2.09. The predicted octanol–water partition coefficient (Wildman–Crippen LogP) is 3.29. The molecular formula is C15H23O8P. The van der Waals surface area contributed by atoms with Crippen molar-refractivity contribution in [1.82, 2.24) is 0 Å². The molecule has 0 aliphatic carbocycles. The molecule has 0 saturated carbocycles. The Labute approximate surface area is 140 Å². The average molecular weight is 362 g/mol. The Hall–Kier alpha value is -1.63. The van der Waals surface area contributed by atoms with Gasteiger partial charge in [0.15, 0.2) is 0 Å². The van der Waals surface area contributed by atoms with Gasteiger partial charge in [0.1, 0.15) is 24.2 Å². The summed E-state index contributed by atoms with van der Waals surface area (Å²) in [6, 6.07) is 0. The van der Waals surface area contributed by atoms with Gasteiger partial charge in [-0.05, 0) is 20.8 Å². The molecule has 0 fully saturated rings. The van der Waals surface area contributed by atoms with Gasteiger partial charge in [0.05, 0.1) is 26.0 Å². The van der Waals surface area contributed by atoms with E-state index < -0.39 is 19.5 Å². The van der Waals surface area contributed by atoms with Gasteiger partial charge in [-0.25, -0.2) is 4.79 Å². The minimum absolute atomic E-state index is 0.110. The van der Waals surface area contributed by atoms with Crippen molar-refractivity contribution in [1.29, 1.82) is 0 Å². The summed E-state index contributed by atoms with van der Waals surface area (Å²) in [6.45, 7) is 6.65. The van der Waals surface area contributed by atoms with E-state index in [1.54, 1.807) is 20.8 Å². The molecule has 0 aromatic carbocycles. The Kier molecular flexibility index (Phi) is 8.18. The van der Waals surface area contributed by atoms with E-state index in [0.717, 1.165) is 0 Å². The monoisotopic (exact) mass is 362 g/mol. The highest BCUT2D eigenvalue weighted by Gasteiger charge is 2.31. The number of carbonyl (C=O) groups is 2. The topological polar surface area (TPSA) is 101 Å². The zero-order valence-corrected chi connectivity index (χ0v) is 15.2. The lowest BCUT2D eigenvalue weighted by molar-refractivity contribution is -0.142. The number of ether oxygens (including phenoxy) is 2. The fourth-order valence-corrected chi connectivity index (χ4v) is 3.76. The molecule has 1 aromatic rings. The van der Waals surface area contributed by atoms with Crippen LogP contribution < -0.4 is 0 Å². The average Bonchev–Trinajstić information content (AvgIpc) is 2.88. The third-order valence-corrected chi connectivity index (χ3v) is 4.89. The zero-order chi connectivity index (χ0) is 18.2. The third kappa shape index (κ3) is 5.78. The Balaban J connectivity index is 3.18. The zero-order valence-electron chi connectivity index (χ0n) is 14.3. The van der Waals surface area contributed by atoms with Crippen LogP contribution in [0.4, 0.5) is 0 Å². The van der Waals surface area contributed by atoms with Crippen LogP contribution in [0.25, 0.3) is 0 Å². The summed E-state index contributed by atoms with van der Waals surface area (Å²) in [5.41, 5.74) is 0.401. The molecule has 9 heteroatoms. The second-order valence-corrected chi connectivity index (χ2v) is 6.71. The Morgan fingerprint density at radius 3 is 2.21 bits per heavy atom. The Bertz CT molecular complexity index is 597. The molecule has 0 radical (unpaired) electrons. The molecule has 0 unspecified atom stereocenters. The van der Waals surface area contributed by atoms with Crippen molar-refractivity contribution in [2.45, 2.75) is 40.5 Å². The summed E-state index contributed by atoms with van der Waals surface area (Å²) in [6.07, 6.45) is 1.00. The van der Waals surface area contributed by atoms with E-state index in [9.17, 15) is 14.2 Å². The molecule has 1 rings (SSSR count). The molecule has 0 amide bonds. The van der Waals surface area contributed by atoms with Gasteiger partial charge in [0.25, 0.3) is 0 Å². The van der Waals surface area contributed by atoms with Crippen LogP contribution in [0.15, 0.2) is 10.7 Å². The molecule has 0 aliphatic rings. The highest BCUT2D eigenvalue weighted by molar-refractivity contribution is 7.53. The molecule has 0 spiro atoms. The van der Waals surface area contributed by atoms with Gasteiger partial charge in [-0.3, -0.25) is 9.36 Å². The van der Waals surface area contributed by atoms with Gasteiger partial charge >= 0.3 is 19.5 Å². The molecule has 0 aliphatic heterocycles. The van der Waals surface area contributed by atoms with Crippen molar-refractivity contribution in [2.24, 2.45) is 0 Å². The number of carbonyl (C=O) groups excluding carboxylic acids is 2. The first-order valence-corrected chi connectivity index (χ1v) is 9.37. The van der Waals surface area contributed by atoms with Gasteiger partial charge in [-0.2, -0.15) is 0 Å². The molecule has 24 heavy (non-hydrogen) atoms. The quantitative estimate of drug-likeness (QED) is 0.462. The number of hydrogen-bond donors (Lipinski definition) is 0. The van der Waals surface area contributed by atoms with Gasteiger partial charge in [-0.15, -0.1) is 0 Å². The van der Waals surface area contributed by atoms with E-state index in [2.05, 4.69) is 0 Å². The molecule has 1 aromatic heterocycles. The van der Waals surface area contributed by atoms with Crippen molar-refractivity contribution in [3.8, 4) is 0 Å². The standard InChI is InChI=1S/C15H23O8P/c1-5-19-15(17)12-8-21-14(9-20-11(4)16)13(12)10-24(18,22-6-2)23-7-3/h8H,5-7,9-10H2,1-4H3. The van der Waals surface area contributed by atoms with Gasteiger partial charge < -0.3 is 22.9 Å². The molecule has 136 valence electrons. The number of esters is 2. The van der Waals surface area contributed by atoms with Gasteiger partial charge in [-0.1, -0.05) is 0 Å². The smallest absolute Gasteiger partial charge is 0.341 e. The first-order valence-electron chi connectivity index (χ1n) is 7.64. The highest BCUT2D eigenvalue weighted by atomic mass is 31.2. The van der Waals surface area contributed by atoms with E-state index in [4.69, 9.17) is 22.9 Å². The van der Waals surface area contributed by atoms with E-state index in [0.29, 0.717) is 5.56 Å². The highest BCUT2D eigenvalue weighted by Crippen LogP contribution is 2.52. The van der Waals surface area contributed by atoms with Crippen molar-refractivity contribution in [2.75, 3.05) is 19.8 Å². The van der Waals surface area contributed by atoms with E-state index in [1.807, 2.05) is 0 Å². The van der Waals surface area contributed by atoms with E-state index in [1.165, 1.54) is 13.2 Å².